The Morgan fingerprint density at radius 2 is 1.73 bits per heavy atom. The van der Waals surface area contributed by atoms with Crippen LogP contribution in [0.2, 0.25) is 5.15 Å². The van der Waals surface area contributed by atoms with E-state index in [0.29, 0.717) is 22.4 Å². The first kappa shape index (κ1) is 21.4. The number of nitrogens with zero attached hydrogens (tertiary/aromatic N) is 4. The molecule has 4 aromatic rings. The van der Waals surface area contributed by atoms with E-state index in [9.17, 15) is 9.59 Å². The summed E-state index contributed by atoms with van der Waals surface area (Å²) in [5, 5.41) is 5.10. The van der Waals surface area contributed by atoms with E-state index in [2.05, 4.69) is 10.5 Å². The normalized spacial score (nSPS) is 14.5. The number of benzene rings is 2. The van der Waals surface area contributed by atoms with Crippen LogP contribution in [0.1, 0.15) is 59.9 Å². The number of rotatable bonds is 4. The van der Waals surface area contributed by atoms with Gasteiger partial charge in [-0.05, 0) is 44.0 Å². The molecule has 7 nitrogen and oxygen atoms in total. The predicted molar refractivity (Wildman–Crippen MR) is 129 cm³/mol. The highest BCUT2D eigenvalue weighted by Crippen LogP contribution is 2.31. The van der Waals surface area contributed by atoms with Crippen LogP contribution in [0, 0.1) is 6.92 Å². The summed E-state index contributed by atoms with van der Waals surface area (Å²) in [6.45, 7) is 1.73. The van der Waals surface area contributed by atoms with Crippen molar-refractivity contribution < 1.29 is 4.79 Å². The lowest BCUT2D eigenvalue weighted by molar-refractivity contribution is 0.100. The molecular formula is C25H24ClN5O2. The van der Waals surface area contributed by atoms with E-state index >= 15 is 0 Å². The third-order valence-electron chi connectivity index (χ3n) is 6.22. The lowest BCUT2D eigenvalue weighted by Gasteiger charge is -2.24. The molecule has 1 saturated carbocycles. The summed E-state index contributed by atoms with van der Waals surface area (Å²) in [4.78, 5) is 31.6. The Hall–Kier alpha value is -3.45. The zero-order valence-electron chi connectivity index (χ0n) is 18.3. The van der Waals surface area contributed by atoms with Gasteiger partial charge in [-0.2, -0.15) is 5.10 Å². The van der Waals surface area contributed by atoms with Gasteiger partial charge >= 0.3 is 0 Å². The van der Waals surface area contributed by atoms with Gasteiger partial charge < -0.3 is 0 Å². The third kappa shape index (κ3) is 3.93. The van der Waals surface area contributed by atoms with Gasteiger partial charge in [0, 0.05) is 5.92 Å². The fourth-order valence-electron chi connectivity index (χ4n) is 4.55. The molecule has 1 aliphatic carbocycles. The second-order valence-corrected chi connectivity index (χ2v) is 8.76. The van der Waals surface area contributed by atoms with Crippen molar-refractivity contribution in [2.75, 3.05) is 5.43 Å². The number of hydrogen-bond acceptors (Lipinski definition) is 4. The molecule has 0 bridgehead atoms. The molecule has 1 aliphatic rings. The van der Waals surface area contributed by atoms with Crippen molar-refractivity contribution in [3.8, 4) is 5.69 Å². The highest BCUT2D eigenvalue weighted by molar-refractivity contribution is 6.33. The molecule has 1 amide bonds. The highest BCUT2D eigenvalue weighted by atomic mass is 35.5. The zero-order valence-corrected chi connectivity index (χ0v) is 19.0. The maximum atomic E-state index is 13.4. The molecule has 0 radical (unpaired) electrons. The zero-order chi connectivity index (χ0) is 22.9. The first-order valence-electron chi connectivity index (χ1n) is 11.2. The lowest BCUT2D eigenvalue weighted by atomic mass is 9.88. The molecule has 8 heteroatoms. The number of hydrogen-bond donors (Lipinski definition) is 1. The molecule has 33 heavy (non-hydrogen) atoms. The maximum Gasteiger partial charge on any atom is 0.280 e. The van der Waals surface area contributed by atoms with Crippen LogP contribution in [0.25, 0.3) is 16.6 Å². The Balaban J connectivity index is 1.58. The van der Waals surface area contributed by atoms with E-state index in [1.165, 1.54) is 15.8 Å². The topological polar surface area (TPSA) is 81.8 Å². The van der Waals surface area contributed by atoms with Gasteiger partial charge in [0.05, 0.1) is 22.3 Å². The Kier molecular flexibility index (Phi) is 5.72. The fourth-order valence-corrected chi connectivity index (χ4v) is 4.91. The molecule has 2 heterocycles. The van der Waals surface area contributed by atoms with Gasteiger partial charge in [-0.1, -0.05) is 61.2 Å². The number of amides is 1. The summed E-state index contributed by atoms with van der Waals surface area (Å²) in [5.41, 5.74) is 4.60. The second-order valence-electron chi connectivity index (χ2n) is 8.40. The van der Waals surface area contributed by atoms with Crippen LogP contribution < -0.4 is 11.0 Å². The predicted octanol–water partition coefficient (Wildman–Crippen LogP) is 4.98. The van der Waals surface area contributed by atoms with E-state index in [1.807, 2.05) is 42.5 Å². The van der Waals surface area contributed by atoms with Crippen LogP contribution in [0.5, 0.6) is 0 Å². The molecule has 0 spiro atoms. The summed E-state index contributed by atoms with van der Waals surface area (Å²) < 4.78 is 2.84. The van der Waals surface area contributed by atoms with Gasteiger partial charge in [0.1, 0.15) is 16.5 Å². The van der Waals surface area contributed by atoms with E-state index in [4.69, 9.17) is 16.6 Å². The Bertz CT molecular complexity index is 1390. The number of aryl methyl sites for hydroxylation is 1. The summed E-state index contributed by atoms with van der Waals surface area (Å²) in [6, 6.07) is 16.6. The molecule has 0 saturated heterocycles. The van der Waals surface area contributed by atoms with Crippen molar-refractivity contribution in [1.82, 2.24) is 19.4 Å². The first-order chi connectivity index (χ1) is 16.0. The number of nitrogens with one attached hydrogen (secondary N) is 1. The average Bonchev–Trinajstić information content (AvgIpc) is 3.15. The van der Waals surface area contributed by atoms with E-state index in [1.54, 1.807) is 19.1 Å². The number of halogens is 1. The quantitative estimate of drug-likeness (QED) is 0.465. The van der Waals surface area contributed by atoms with Crippen molar-refractivity contribution in [1.29, 1.82) is 0 Å². The van der Waals surface area contributed by atoms with E-state index in [0.717, 1.165) is 31.4 Å². The van der Waals surface area contributed by atoms with Crippen molar-refractivity contribution in [2.45, 2.75) is 44.9 Å². The van der Waals surface area contributed by atoms with Crippen LogP contribution in [-0.2, 0) is 0 Å². The van der Waals surface area contributed by atoms with Crippen molar-refractivity contribution in [3.63, 3.8) is 0 Å². The third-order valence-corrected chi connectivity index (χ3v) is 6.57. The molecular weight excluding hydrogens is 438 g/mol. The summed E-state index contributed by atoms with van der Waals surface area (Å²) >= 11 is 6.59. The van der Waals surface area contributed by atoms with Crippen LogP contribution in [-0.4, -0.2) is 25.3 Å². The van der Waals surface area contributed by atoms with E-state index in [-0.39, 0.29) is 22.2 Å². The van der Waals surface area contributed by atoms with Gasteiger partial charge in [-0.3, -0.25) is 15.0 Å². The molecule has 1 fully saturated rings. The Labute approximate surface area is 196 Å². The lowest BCUT2D eigenvalue weighted by Crippen LogP contribution is -2.37. The SMILES string of the molecule is Cc1nn(-c2ccccc2)c(Cl)c1C(=O)Nn1c(C2CCCCC2)nc2ccccc2c1=O. The maximum absolute atomic E-state index is 13.4. The van der Waals surface area contributed by atoms with Crippen LogP contribution in [0.15, 0.2) is 59.4 Å². The largest absolute Gasteiger partial charge is 0.280 e. The number of fused-ring (bicyclic) bond motifs is 1. The first-order valence-corrected chi connectivity index (χ1v) is 11.6. The van der Waals surface area contributed by atoms with Crippen LogP contribution in [0.4, 0.5) is 0 Å². The smallest absolute Gasteiger partial charge is 0.267 e. The second kappa shape index (κ2) is 8.83. The molecule has 0 unspecified atom stereocenters. The number of para-hydroxylation sites is 2. The molecule has 0 atom stereocenters. The molecule has 2 aromatic heterocycles. The van der Waals surface area contributed by atoms with Crippen molar-refractivity contribution >= 4 is 28.4 Å². The fraction of sp³-hybridized carbons (Fsp3) is 0.280. The molecule has 1 N–H and O–H groups in total. The van der Waals surface area contributed by atoms with Gasteiger partial charge in [-0.15, -0.1) is 0 Å². The van der Waals surface area contributed by atoms with Gasteiger partial charge in [0.25, 0.3) is 11.5 Å². The van der Waals surface area contributed by atoms with Gasteiger partial charge in [0.15, 0.2) is 0 Å². The Morgan fingerprint density at radius 3 is 2.48 bits per heavy atom. The Morgan fingerprint density at radius 1 is 1.03 bits per heavy atom. The standard InChI is InChI=1S/C25H24ClN5O2/c1-16-21(22(26)30(28-16)18-12-6-3-7-13-18)24(32)29-31-23(17-10-4-2-5-11-17)27-20-15-9-8-14-19(20)25(31)33/h3,6-9,12-15,17H,2,4-5,10-11H2,1H3,(H,29,32). The summed E-state index contributed by atoms with van der Waals surface area (Å²) in [7, 11) is 0. The number of carbonyl (C=O) groups is 1. The van der Waals surface area contributed by atoms with Crippen LogP contribution in [0.3, 0.4) is 0 Å². The van der Waals surface area contributed by atoms with Crippen molar-refractivity contribution in [2.24, 2.45) is 0 Å². The van der Waals surface area contributed by atoms with Crippen LogP contribution >= 0.6 is 11.6 Å². The molecule has 5 rings (SSSR count). The summed E-state index contributed by atoms with van der Waals surface area (Å²) in [6.07, 6.45) is 5.21. The van der Waals surface area contributed by atoms with E-state index < -0.39 is 5.91 Å². The number of carbonyl (C=O) groups excluding carboxylic acids is 1. The molecule has 2 aromatic carbocycles. The molecule has 168 valence electrons. The minimum atomic E-state index is -0.490. The minimum Gasteiger partial charge on any atom is -0.267 e. The average molecular weight is 462 g/mol. The minimum absolute atomic E-state index is 0.111. The number of aromatic nitrogens is 4. The highest BCUT2D eigenvalue weighted by Gasteiger charge is 2.26. The summed E-state index contributed by atoms with van der Waals surface area (Å²) in [5.74, 6) is 0.215. The van der Waals surface area contributed by atoms with Gasteiger partial charge in [0.2, 0.25) is 0 Å². The van der Waals surface area contributed by atoms with Gasteiger partial charge in [-0.25, -0.2) is 14.3 Å². The monoisotopic (exact) mass is 461 g/mol. The van der Waals surface area contributed by atoms with Crippen molar-refractivity contribution in [3.05, 3.63) is 87.2 Å². The molecule has 0 aliphatic heterocycles.